The van der Waals surface area contributed by atoms with E-state index < -0.39 is 0 Å². The summed E-state index contributed by atoms with van der Waals surface area (Å²) < 4.78 is 19.6. The SMILES string of the molecule is Cc1ccc2nc(N(Cc3ccco3)C(=O)CSc3ccc(F)cc3)sc2c1. The maximum Gasteiger partial charge on any atom is 0.239 e. The highest BCUT2D eigenvalue weighted by Gasteiger charge is 2.21. The summed E-state index contributed by atoms with van der Waals surface area (Å²) in [5.41, 5.74) is 2.02. The number of hydrogen-bond donors (Lipinski definition) is 0. The van der Waals surface area contributed by atoms with Gasteiger partial charge >= 0.3 is 0 Å². The van der Waals surface area contributed by atoms with Crippen LogP contribution in [0.25, 0.3) is 10.2 Å². The summed E-state index contributed by atoms with van der Waals surface area (Å²) in [6.45, 7) is 2.35. The van der Waals surface area contributed by atoms with Crippen LogP contribution >= 0.6 is 23.1 Å². The normalized spacial score (nSPS) is 11.1. The lowest BCUT2D eigenvalue weighted by Gasteiger charge is -2.18. The van der Waals surface area contributed by atoms with Gasteiger partial charge in [0.05, 0.1) is 28.8 Å². The molecule has 0 saturated carbocycles. The first kappa shape index (κ1) is 18.7. The fourth-order valence-corrected chi connectivity index (χ4v) is 4.56. The number of anilines is 1. The zero-order valence-corrected chi connectivity index (χ0v) is 16.7. The van der Waals surface area contributed by atoms with Gasteiger partial charge in [-0.05, 0) is 61.0 Å². The summed E-state index contributed by atoms with van der Waals surface area (Å²) in [7, 11) is 0. The van der Waals surface area contributed by atoms with Crippen molar-refractivity contribution in [3.63, 3.8) is 0 Å². The Bertz CT molecular complexity index is 1090. The molecule has 0 atom stereocenters. The average Bonchev–Trinajstić information content (AvgIpc) is 3.34. The lowest BCUT2D eigenvalue weighted by Crippen LogP contribution is -2.31. The minimum absolute atomic E-state index is 0.0819. The molecule has 7 heteroatoms. The maximum atomic E-state index is 13.1. The number of rotatable bonds is 6. The molecule has 4 nitrogen and oxygen atoms in total. The molecule has 142 valence electrons. The zero-order valence-electron chi connectivity index (χ0n) is 15.1. The molecule has 4 rings (SSSR count). The van der Waals surface area contributed by atoms with Gasteiger partial charge < -0.3 is 4.42 Å². The number of nitrogens with zero attached hydrogens (tertiary/aromatic N) is 2. The Morgan fingerprint density at radius 1 is 1.21 bits per heavy atom. The molecule has 0 fully saturated rings. The number of thiazole rings is 1. The summed E-state index contributed by atoms with van der Waals surface area (Å²) >= 11 is 2.86. The van der Waals surface area contributed by atoms with Gasteiger partial charge in [0.25, 0.3) is 0 Å². The standard InChI is InChI=1S/C21H17FN2O2S2/c1-14-4-9-18-19(11-14)28-21(23-18)24(12-16-3-2-10-26-16)20(25)13-27-17-7-5-15(22)6-8-17/h2-11H,12-13H2,1H3. The Hall–Kier alpha value is -2.64. The highest BCUT2D eigenvalue weighted by atomic mass is 32.2. The number of aromatic nitrogens is 1. The number of carbonyl (C=O) groups is 1. The monoisotopic (exact) mass is 412 g/mol. The molecule has 0 aliphatic carbocycles. The smallest absolute Gasteiger partial charge is 0.239 e. The molecule has 2 aromatic heterocycles. The molecule has 28 heavy (non-hydrogen) atoms. The fourth-order valence-electron chi connectivity index (χ4n) is 2.71. The van der Waals surface area contributed by atoms with Gasteiger partial charge in [-0.2, -0.15) is 0 Å². The van der Waals surface area contributed by atoms with E-state index in [0.717, 1.165) is 20.7 Å². The molecule has 2 heterocycles. The van der Waals surface area contributed by atoms with Gasteiger partial charge in [0.2, 0.25) is 5.91 Å². The number of thioether (sulfide) groups is 1. The molecule has 4 aromatic rings. The highest BCUT2D eigenvalue weighted by Crippen LogP contribution is 2.31. The van der Waals surface area contributed by atoms with Crippen LogP contribution in [0.2, 0.25) is 0 Å². The van der Waals surface area contributed by atoms with Gasteiger partial charge in [-0.25, -0.2) is 9.37 Å². The van der Waals surface area contributed by atoms with Gasteiger partial charge in [-0.3, -0.25) is 9.69 Å². The number of benzene rings is 2. The Morgan fingerprint density at radius 3 is 2.79 bits per heavy atom. The van der Waals surface area contributed by atoms with Gasteiger partial charge in [0.1, 0.15) is 11.6 Å². The van der Waals surface area contributed by atoms with Crippen molar-refractivity contribution in [1.29, 1.82) is 0 Å². The van der Waals surface area contributed by atoms with Crippen LogP contribution in [-0.4, -0.2) is 16.6 Å². The first-order chi connectivity index (χ1) is 13.6. The Kier molecular flexibility index (Phi) is 5.45. The van der Waals surface area contributed by atoms with Crippen LogP contribution in [-0.2, 0) is 11.3 Å². The number of hydrogen-bond acceptors (Lipinski definition) is 5. The van der Waals surface area contributed by atoms with Crippen molar-refractivity contribution >= 4 is 44.4 Å². The van der Waals surface area contributed by atoms with E-state index in [0.29, 0.717) is 17.4 Å². The Labute approximate surface area is 170 Å². The van der Waals surface area contributed by atoms with Gasteiger partial charge in [-0.15, -0.1) is 11.8 Å². The summed E-state index contributed by atoms with van der Waals surface area (Å²) in [6, 6.07) is 15.8. The minimum atomic E-state index is -0.292. The lowest BCUT2D eigenvalue weighted by molar-refractivity contribution is -0.116. The Morgan fingerprint density at radius 2 is 2.04 bits per heavy atom. The van der Waals surface area contributed by atoms with Crippen LogP contribution in [0.3, 0.4) is 0 Å². The van der Waals surface area contributed by atoms with E-state index in [1.165, 1.54) is 35.2 Å². The molecule has 0 saturated heterocycles. The highest BCUT2D eigenvalue weighted by molar-refractivity contribution is 8.00. The van der Waals surface area contributed by atoms with Crippen molar-refractivity contribution in [2.75, 3.05) is 10.7 Å². The van der Waals surface area contributed by atoms with Crippen LogP contribution in [0.1, 0.15) is 11.3 Å². The second kappa shape index (κ2) is 8.16. The van der Waals surface area contributed by atoms with Crippen LogP contribution in [0.5, 0.6) is 0 Å². The third kappa shape index (κ3) is 4.26. The van der Waals surface area contributed by atoms with Crippen molar-refractivity contribution in [2.24, 2.45) is 0 Å². The Balaban J connectivity index is 1.58. The van der Waals surface area contributed by atoms with Gasteiger partial charge in [-0.1, -0.05) is 17.4 Å². The molecule has 2 aromatic carbocycles. The number of halogens is 1. The first-order valence-corrected chi connectivity index (χ1v) is 10.5. The van der Waals surface area contributed by atoms with E-state index in [9.17, 15) is 9.18 Å². The summed E-state index contributed by atoms with van der Waals surface area (Å²) in [4.78, 5) is 20.1. The van der Waals surface area contributed by atoms with Crippen LogP contribution < -0.4 is 4.90 Å². The topological polar surface area (TPSA) is 46.3 Å². The van der Waals surface area contributed by atoms with E-state index in [-0.39, 0.29) is 17.5 Å². The zero-order chi connectivity index (χ0) is 19.5. The summed E-state index contributed by atoms with van der Waals surface area (Å²) in [6.07, 6.45) is 1.59. The van der Waals surface area contributed by atoms with Crippen molar-refractivity contribution in [3.05, 3.63) is 78.0 Å². The molecule has 0 aliphatic rings. The van der Waals surface area contributed by atoms with Gasteiger partial charge in [0, 0.05) is 4.90 Å². The summed E-state index contributed by atoms with van der Waals surface area (Å²) in [5, 5.41) is 0.640. The molecule has 0 unspecified atom stereocenters. The molecule has 1 amide bonds. The number of carbonyl (C=O) groups excluding carboxylic acids is 1. The van der Waals surface area contributed by atoms with Crippen molar-refractivity contribution in [3.8, 4) is 0 Å². The van der Waals surface area contributed by atoms with E-state index >= 15 is 0 Å². The molecular weight excluding hydrogens is 395 g/mol. The fraction of sp³-hybridized carbons (Fsp3) is 0.143. The predicted molar refractivity (Wildman–Crippen MR) is 111 cm³/mol. The van der Waals surface area contributed by atoms with Crippen LogP contribution in [0, 0.1) is 12.7 Å². The molecule has 0 N–H and O–H groups in total. The van der Waals surface area contributed by atoms with E-state index in [4.69, 9.17) is 4.42 Å². The van der Waals surface area contributed by atoms with Crippen LogP contribution in [0.4, 0.5) is 9.52 Å². The van der Waals surface area contributed by atoms with E-state index in [1.54, 1.807) is 29.4 Å². The first-order valence-electron chi connectivity index (χ1n) is 8.67. The number of furan rings is 1. The molecule has 0 spiro atoms. The molecular formula is C21H17FN2O2S2. The van der Waals surface area contributed by atoms with Crippen molar-refractivity contribution in [2.45, 2.75) is 18.4 Å². The summed E-state index contributed by atoms with van der Waals surface area (Å²) in [5.74, 6) is 0.540. The van der Waals surface area contributed by atoms with Crippen LogP contribution in [0.15, 0.2) is 70.2 Å². The second-order valence-corrected chi connectivity index (χ2v) is 8.33. The largest absolute Gasteiger partial charge is 0.467 e. The number of amides is 1. The third-order valence-corrected chi connectivity index (χ3v) is 6.17. The number of aryl methyl sites for hydroxylation is 1. The van der Waals surface area contributed by atoms with Crippen molar-refractivity contribution in [1.82, 2.24) is 4.98 Å². The van der Waals surface area contributed by atoms with E-state index in [2.05, 4.69) is 11.1 Å². The lowest BCUT2D eigenvalue weighted by atomic mass is 10.2. The maximum absolute atomic E-state index is 13.1. The van der Waals surface area contributed by atoms with E-state index in [1.807, 2.05) is 25.1 Å². The number of fused-ring (bicyclic) bond motifs is 1. The quantitative estimate of drug-likeness (QED) is 0.383. The molecule has 0 aliphatic heterocycles. The average molecular weight is 413 g/mol. The molecule has 0 bridgehead atoms. The predicted octanol–water partition coefficient (Wildman–Crippen LogP) is 5.66. The van der Waals surface area contributed by atoms with Crippen molar-refractivity contribution < 1.29 is 13.6 Å². The molecule has 0 radical (unpaired) electrons. The second-order valence-electron chi connectivity index (χ2n) is 6.27. The minimum Gasteiger partial charge on any atom is -0.467 e. The third-order valence-electron chi connectivity index (χ3n) is 4.13. The van der Waals surface area contributed by atoms with Gasteiger partial charge in [0.15, 0.2) is 5.13 Å².